The summed E-state index contributed by atoms with van der Waals surface area (Å²) in [4.78, 5) is 7.14. The average Bonchev–Trinajstić information content (AvgIpc) is 2.38. The van der Waals surface area contributed by atoms with Crippen LogP contribution in [0.1, 0.15) is 50.3 Å². The first-order chi connectivity index (χ1) is 8.63. The van der Waals surface area contributed by atoms with Gasteiger partial charge < -0.3 is 5.32 Å². The van der Waals surface area contributed by atoms with Crippen LogP contribution in [0.15, 0.2) is 12.3 Å². The van der Waals surface area contributed by atoms with Gasteiger partial charge in [-0.1, -0.05) is 6.42 Å². The van der Waals surface area contributed by atoms with Crippen LogP contribution in [-0.2, 0) is 0 Å². The van der Waals surface area contributed by atoms with Crippen LogP contribution in [0.25, 0.3) is 0 Å². The van der Waals surface area contributed by atoms with Crippen LogP contribution in [0.5, 0.6) is 0 Å². The summed E-state index contributed by atoms with van der Waals surface area (Å²) in [7, 11) is 1.93. The van der Waals surface area contributed by atoms with Crippen LogP contribution in [0, 0.1) is 6.92 Å². The van der Waals surface area contributed by atoms with Gasteiger partial charge in [-0.05, 0) is 57.4 Å². The van der Waals surface area contributed by atoms with Crippen LogP contribution in [0.2, 0.25) is 0 Å². The standard InChI is InChI=1S/C15H25N3/c1-11(2)18-8-6-5-7-14(18)13-9-12(3)15(16-4)17-10-13/h9-11,14H,5-8H2,1-4H3,(H,16,17)/t14-/m0/s1. The van der Waals surface area contributed by atoms with Crippen molar-refractivity contribution in [2.75, 3.05) is 18.9 Å². The maximum absolute atomic E-state index is 4.53. The number of likely N-dealkylation sites (tertiary alicyclic amines) is 1. The SMILES string of the molecule is CNc1ncc([C@@H]2CCCCN2C(C)C)cc1C. The van der Waals surface area contributed by atoms with E-state index in [4.69, 9.17) is 0 Å². The lowest BCUT2D eigenvalue weighted by atomic mass is 9.94. The third-order valence-corrected chi connectivity index (χ3v) is 3.93. The predicted octanol–water partition coefficient (Wildman–Crippen LogP) is 3.37. The fraction of sp³-hybridized carbons (Fsp3) is 0.667. The summed E-state index contributed by atoms with van der Waals surface area (Å²) >= 11 is 0. The Morgan fingerprint density at radius 2 is 2.17 bits per heavy atom. The maximum atomic E-state index is 4.53. The van der Waals surface area contributed by atoms with E-state index < -0.39 is 0 Å². The number of aryl methyl sites for hydroxylation is 1. The number of pyridine rings is 1. The summed E-state index contributed by atoms with van der Waals surface area (Å²) in [5.41, 5.74) is 2.61. The number of nitrogens with one attached hydrogen (secondary N) is 1. The first-order valence-corrected chi connectivity index (χ1v) is 7.03. The zero-order valence-corrected chi connectivity index (χ0v) is 12.0. The molecule has 0 radical (unpaired) electrons. The Kier molecular flexibility index (Phi) is 4.23. The van der Waals surface area contributed by atoms with E-state index in [0.29, 0.717) is 12.1 Å². The Balaban J connectivity index is 2.25. The molecule has 1 aliphatic heterocycles. The average molecular weight is 247 g/mol. The minimum absolute atomic E-state index is 0.552. The molecule has 0 spiro atoms. The summed E-state index contributed by atoms with van der Waals surface area (Å²) in [6.07, 6.45) is 5.97. The zero-order valence-electron chi connectivity index (χ0n) is 12.0. The molecule has 1 aromatic heterocycles. The van der Waals surface area contributed by atoms with Gasteiger partial charge in [0, 0.05) is 25.3 Å². The van der Waals surface area contributed by atoms with Gasteiger partial charge in [-0.2, -0.15) is 0 Å². The van der Waals surface area contributed by atoms with Crippen molar-refractivity contribution in [3.8, 4) is 0 Å². The molecule has 1 atom stereocenters. The summed E-state index contributed by atoms with van der Waals surface area (Å²) in [6, 6.07) is 3.46. The van der Waals surface area contributed by atoms with E-state index in [1.165, 1.54) is 36.9 Å². The molecule has 1 saturated heterocycles. The van der Waals surface area contributed by atoms with Gasteiger partial charge in [0.05, 0.1) is 0 Å². The third-order valence-electron chi connectivity index (χ3n) is 3.93. The van der Waals surface area contributed by atoms with E-state index in [1.807, 2.05) is 13.2 Å². The van der Waals surface area contributed by atoms with Gasteiger partial charge in [-0.15, -0.1) is 0 Å². The highest BCUT2D eigenvalue weighted by atomic mass is 15.2. The monoisotopic (exact) mass is 247 g/mol. The first-order valence-electron chi connectivity index (χ1n) is 7.03. The second-order valence-corrected chi connectivity index (χ2v) is 5.53. The van der Waals surface area contributed by atoms with E-state index in [2.05, 4.69) is 42.0 Å². The molecule has 0 unspecified atom stereocenters. The lowest BCUT2D eigenvalue weighted by molar-refractivity contribution is 0.112. The maximum Gasteiger partial charge on any atom is 0.128 e. The van der Waals surface area contributed by atoms with Gasteiger partial charge in [0.1, 0.15) is 5.82 Å². The highest BCUT2D eigenvalue weighted by molar-refractivity contribution is 5.44. The molecule has 3 nitrogen and oxygen atoms in total. The predicted molar refractivity (Wildman–Crippen MR) is 77.0 cm³/mol. The minimum Gasteiger partial charge on any atom is -0.373 e. The largest absolute Gasteiger partial charge is 0.373 e. The minimum atomic E-state index is 0.552. The van der Waals surface area contributed by atoms with Gasteiger partial charge in [0.2, 0.25) is 0 Å². The number of nitrogens with zero attached hydrogens (tertiary/aromatic N) is 2. The molecule has 0 aromatic carbocycles. The van der Waals surface area contributed by atoms with Crippen molar-refractivity contribution in [2.45, 2.75) is 52.1 Å². The Labute approximate surface area is 111 Å². The highest BCUT2D eigenvalue weighted by Gasteiger charge is 2.26. The number of rotatable bonds is 3. The van der Waals surface area contributed by atoms with E-state index >= 15 is 0 Å². The number of anilines is 1. The molecule has 0 aliphatic carbocycles. The van der Waals surface area contributed by atoms with Crippen LogP contribution in [-0.4, -0.2) is 29.5 Å². The van der Waals surface area contributed by atoms with E-state index in [-0.39, 0.29) is 0 Å². The van der Waals surface area contributed by atoms with Crippen LogP contribution in [0.4, 0.5) is 5.82 Å². The second-order valence-electron chi connectivity index (χ2n) is 5.53. The summed E-state index contributed by atoms with van der Waals surface area (Å²) in [5, 5.41) is 3.13. The van der Waals surface area contributed by atoms with Crippen LogP contribution < -0.4 is 5.32 Å². The molecule has 2 rings (SSSR count). The Morgan fingerprint density at radius 3 is 2.78 bits per heavy atom. The van der Waals surface area contributed by atoms with Gasteiger partial charge in [0.25, 0.3) is 0 Å². The van der Waals surface area contributed by atoms with Crippen molar-refractivity contribution < 1.29 is 0 Å². The van der Waals surface area contributed by atoms with Gasteiger partial charge in [-0.3, -0.25) is 4.90 Å². The molecule has 18 heavy (non-hydrogen) atoms. The summed E-state index contributed by atoms with van der Waals surface area (Å²) in [5.74, 6) is 0.991. The Hall–Kier alpha value is -1.09. The molecular weight excluding hydrogens is 222 g/mol. The Morgan fingerprint density at radius 1 is 1.39 bits per heavy atom. The number of aromatic nitrogens is 1. The summed E-state index contributed by atoms with van der Waals surface area (Å²) < 4.78 is 0. The third kappa shape index (κ3) is 2.66. The van der Waals surface area contributed by atoms with Crippen molar-refractivity contribution in [2.24, 2.45) is 0 Å². The summed E-state index contributed by atoms with van der Waals surface area (Å²) in [6.45, 7) is 7.93. The molecule has 0 bridgehead atoms. The smallest absolute Gasteiger partial charge is 0.128 e. The van der Waals surface area contributed by atoms with E-state index in [9.17, 15) is 0 Å². The lowest BCUT2D eigenvalue weighted by Crippen LogP contribution is -2.38. The molecule has 1 aromatic rings. The number of hydrogen-bond acceptors (Lipinski definition) is 3. The van der Waals surface area contributed by atoms with Gasteiger partial charge >= 0.3 is 0 Å². The normalized spacial score (nSPS) is 21.3. The van der Waals surface area contributed by atoms with Crippen molar-refractivity contribution in [3.63, 3.8) is 0 Å². The first kappa shape index (κ1) is 13.3. The highest BCUT2D eigenvalue weighted by Crippen LogP contribution is 2.33. The van der Waals surface area contributed by atoms with Crippen LogP contribution >= 0.6 is 0 Å². The van der Waals surface area contributed by atoms with Crippen molar-refractivity contribution in [1.82, 2.24) is 9.88 Å². The quantitative estimate of drug-likeness (QED) is 0.887. The second kappa shape index (κ2) is 5.70. The lowest BCUT2D eigenvalue weighted by Gasteiger charge is -2.39. The Bertz CT molecular complexity index is 401. The van der Waals surface area contributed by atoms with Crippen molar-refractivity contribution >= 4 is 5.82 Å². The molecule has 3 heteroatoms. The van der Waals surface area contributed by atoms with Crippen LogP contribution in [0.3, 0.4) is 0 Å². The molecule has 1 N–H and O–H groups in total. The molecule has 1 fully saturated rings. The molecule has 2 heterocycles. The number of piperidine rings is 1. The fourth-order valence-corrected chi connectivity index (χ4v) is 2.97. The molecule has 100 valence electrons. The van der Waals surface area contributed by atoms with Gasteiger partial charge in [-0.25, -0.2) is 4.98 Å². The number of hydrogen-bond donors (Lipinski definition) is 1. The zero-order chi connectivity index (χ0) is 13.1. The molecule has 0 amide bonds. The molecule has 1 aliphatic rings. The van der Waals surface area contributed by atoms with E-state index in [0.717, 1.165) is 5.82 Å². The van der Waals surface area contributed by atoms with Crippen molar-refractivity contribution in [1.29, 1.82) is 0 Å². The molecule has 0 saturated carbocycles. The van der Waals surface area contributed by atoms with E-state index in [1.54, 1.807) is 0 Å². The van der Waals surface area contributed by atoms with Gasteiger partial charge in [0.15, 0.2) is 0 Å². The van der Waals surface area contributed by atoms with Crippen molar-refractivity contribution in [3.05, 3.63) is 23.4 Å². The fourth-order valence-electron chi connectivity index (χ4n) is 2.97. The molecular formula is C15H25N3. The topological polar surface area (TPSA) is 28.2 Å².